The fraction of sp³-hybridized carbons (Fsp3) is 1.00. The first-order valence-corrected chi connectivity index (χ1v) is 9.21. The molecule has 0 bridgehead atoms. The molecule has 126 valence electrons. The largest absolute Gasteiger partial charge is 0.327 e. The number of nitrogens with zero attached hydrogens (tertiary/aromatic N) is 2. The average Bonchev–Trinajstić information content (AvgIpc) is 2.45. The van der Waals surface area contributed by atoms with Crippen LogP contribution < -0.4 is 5.73 Å². The predicted octanol–water partition coefficient (Wildman–Crippen LogP) is 3.05. The summed E-state index contributed by atoms with van der Waals surface area (Å²) in [4.78, 5) is 5.14. The van der Waals surface area contributed by atoms with E-state index in [2.05, 4.69) is 44.4 Å². The SMILES string of the molecule is CCN(CC)CCCN(CC)CC1C(C)CC(C)CC1N. The van der Waals surface area contributed by atoms with Crippen molar-refractivity contribution in [2.75, 3.05) is 39.3 Å². The molecule has 4 unspecified atom stereocenters. The van der Waals surface area contributed by atoms with E-state index in [1.54, 1.807) is 0 Å². The van der Waals surface area contributed by atoms with E-state index >= 15 is 0 Å². The Bertz CT molecular complexity index is 253. The molecule has 0 aromatic heterocycles. The Kier molecular flexibility index (Phi) is 8.84. The molecule has 1 rings (SSSR count). The van der Waals surface area contributed by atoms with E-state index in [1.807, 2.05) is 0 Å². The first-order chi connectivity index (χ1) is 10.0. The van der Waals surface area contributed by atoms with Crippen molar-refractivity contribution in [2.24, 2.45) is 23.5 Å². The van der Waals surface area contributed by atoms with Gasteiger partial charge in [-0.15, -0.1) is 0 Å². The van der Waals surface area contributed by atoms with Crippen LogP contribution in [-0.2, 0) is 0 Å². The van der Waals surface area contributed by atoms with Crippen molar-refractivity contribution >= 4 is 0 Å². The van der Waals surface area contributed by atoms with Crippen LogP contribution in [0.4, 0.5) is 0 Å². The Balaban J connectivity index is 2.38. The highest BCUT2D eigenvalue weighted by molar-refractivity contribution is 4.87. The lowest BCUT2D eigenvalue weighted by atomic mass is 9.72. The summed E-state index contributed by atoms with van der Waals surface area (Å²) in [6.07, 6.45) is 3.85. The second kappa shape index (κ2) is 9.81. The van der Waals surface area contributed by atoms with Gasteiger partial charge in [-0.05, 0) is 69.7 Å². The monoisotopic (exact) mass is 297 g/mol. The molecule has 0 radical (unpaired) electrons. The normalized spacial score (nSPS) is 30.3. The molecule has 0 aromatic rings. The lowest BCUT2D eigenvalue weighted by molar-refractivity contribution is 0.117. The molecular formula is C18H39N3. The van der Waals surface area contributed by atoms with Crippen molar-refractivity contribution in [3.05, 3.63) is 0 Å². The Morgan fingerprint density at radius 1 is 0.905 bits per heavy atom. The molecule has 21 heavy (non-hydrogen) atoms. The van der Waals surface area contributed by atoms with Crippen molar-refractivity contribution in [3.8, 4) is 0 Å². The van der Waals surface area contributed by atoms with Crippen LogP contribution in [0, 0.1) is 17.8 Å². The van der Waals surface area contributed by atoms with Gasteiger partial charge in [0.15, 0.2) is 0 Å². The van der Waals surface area contributed by atoms with Gasteiger partial charge in [-0.2, -0.15) is 0 Å². The summed E-state index contributed by atoms with van der Waals surface area (Å²) >= 11 is 0. The molecule has 0 amide bonds. The topological polar surface area (TPSA) is 32.5 Å². The van der Waals surface area contributed by atoms with Crippen LogP contribution in [0.5, 0.6) is 0 Å². The minimum atomic E-state index is 0.403. The molecule has 0 spiro atoms. The summed E-state index contributed by atoms with van der Waals surface area (Å²) < 4.78 is 0. The van der Waals surface area contributed by atoms with Crippen LogP contribution >= 0.6 is 0 Å². The van der Waals surface area contributed by atoms with E-state index in [9.17, 15) is 0 Å². The molecular weight excluding hydrogens is 258 g/mol. The molecule has 1 fully saturated rings. The molecule has 1 saturated carbocycles. The Labute approximate surface area is 133 Å². The zero-order valence-corrected chi connectivity index (χ0v) is 15.1. The third-order valence-corrected chi connectivity index (χ3v) is 5.49. The van der Waals surface area contributed by atoms with Crippen LogP contribution in [0.15, 0.2) is 0 Å². The molecule has 1 aliphatic carbocycles. The van der Waals surface area contributed by atoms with Gasteiger partial charge in [-0.3, -0.25) is 0 Å². The summed E-state index contributed by atoms with van der Waals surface area (Å²) in [6.45, 7) is 18.7. The summed E-state index contributed by atoms with van der Waals surface area (Å²) in [7, 11) is 0. The Morgan fingerprint density at radius 3 is 2.00 bits per heavy atom. The first kappa shape index (κ1) is 18.9. The summed E-state index contributed by atoms with van der Waals surface area (Å²) in [5, 5.41) is 0. The summed E-state index contributed by atoms with van der Waals surface area (Å²) in [5.41, 5.74) is 6.45. The second-order valence-electron chi connectivity index (χ2n) is 7.16. The van der Waals surface area contributed by atoms with Gasteiger partial charge in [-0.1, -0.05) is 34.6 Å². The minimum Gasteiger partial charge on any atom is -0.327 e. The molecule has 3 heteroatoms. The Hall–Kier alpha value is -0.120. The standard InChI is InChI=1S/C18H39N3/c1-6-20(7-2)10-9-11-21(8-3)14-17-16(5)12-15(4)13-18(17)19/h15-18H,6-14,19H2,1-5H3. The third-order valence-electron chi connectivity index (χ3n) is 5.49. The van der Waals surface area contributed by atoms with Crippen molar-refractivity contribution in [1.82, 2.24) is 9.80 Å². The van der Waals surface area contributed by atoms with Gasteiger partial charge in [-0.25, -0.2) is 0 Å². The molecule has 4 atom stereocenters. The van der Waals surface area contributed by atoms with E-state index in [-0.39, 0.29) is 0 Å². The van der Waals surface area contributed by atoms with Gasteiger partial charge >= 0.3 is 0 Å². The maximum absolute atomic E-state index is 6.45. The quantitative estimate of drug-likeness (QED) is 0.710. The fourth-order valence-electron chi connectivity index (χ4n) is 4.02. The maximum Gasteiger partial charge on any atom is 0.00844 e. The van der Waals surface area contributed by atoms with Gasteiger partial charge in [0.2, 0.25) is 0 Å². The molecule has 1 aliphatic rings. The van der Waals surface area contributed by atoms with Crippen molar-refractivity contribution in [2.45, 2.75) is 59.9 Å². The van der Waals surface area contributed by atoms with Crippen LogP contribution in [-0.4, -0.2) is 55.1 Å². The van der Waals surface area contributed by atoms with Gasteiger partial charge < -0.3 is 15.5 Å². The number of rotatable bonds is 9. The summed E-state index contributed by atoms with van der Waals surface area (Å²) in [5.74, 6) is 2.28. The lowest BCUT2D eigenvalue weighted by Crippen LogP contribution is -2.47. The van der Waals surface area contributed by atoms with E-state index in [0.717, 1.165) is 18.4 Å². The summed E-state index contributed by atoms with van der Waals surface area (Å²) in [6, 6.07) is 0.403. The van der Waals surface area contributed by atoms with Gasteiger partial charge in [0.1, 0.15) is 0 Å². The maximum atomic E-state index is 6.45. The molecule has 0 aliphatic heterocycles. The van der Waals surface area contributed by atoms with Crippen LogP contribution in [0.3, 0.4) is 0 Å². The molecule has 0 saturated heterocycles. The minimum absolute atomic E-state index is 0.403. The second-order valence-corrected chi connectivity index (χ2v) is 7.16. The van der Waals surface area contributed by atoms with E-state index < -0.39 is 0 Å². The fourth-order valence-corrected chi connectivity index (χ4v) is 4.02. The van der Waals surface area contributed by atoms with Crippen LogP contribution in [0.25, 0.3) is 0 Å². The van der Waals surface area contributed by atoms with Crippen molar-refractivity contribution in [1.29, 1.82) is 0 Å². The smallest absolute Gasteiger partial charge is 0.00844 e. The highest BCUT2D eigenvalue weighted by atomic mass is 15.1. The van der Waals surface area contributed by atoms with Gasteiger partial charge in [0, 0.05) is 12.6 Å². The number of hydrogen-bond acceptors (Lipinski definition) is 3. The van der Waals surface area contributed by atoms with Gasteiger partial charge in [0.05, 0.1) is 0 Å². The van der Waals surface area contributed by atoms with Gasteiger partial charge in [0.25, 0.3) is 0 Å². The highest BCUT2D eigenvalue weighted by Crippen LogP contribution is 2.33. The van der Waals surface area contributed by atoms with E-state index in [0.29, 0.717) is 12.0 Å². The zero-order valence-electron chi connectivity index (χ0n) is 15.1. The highest BCUT2D eigenvalue weighted by Gasteiger charge is 2.32. The van der Waals surface area contributed by atoms with Crippen LogP contribution in [0.1, 0.15) is 53.9 Å². The predicted molar refractivity (Wildman–Crippen MR) is 93.5 cm³/mol. The number of nitrogens with two attached hydrogens (primary N) is 1. The molecule has 2 N–H and O–H groups in total. The molecule has 3 nitrogen and oxygen atoms in total. The number of hydrogen-bond donors (Lipinski definition) is 1. The zero-order chi connectivity index (χ0) is 15.8. The molecule has 0 heterocycles. The van der Waals surface area contributed by atoms with Crippen LogP contribution in [0.2, 0.25) is 0 Å². The third kappa shape index (κ3) is 6.25. The van der Waals surface area contributed by atoms with E-state index in [1.165, 1.54) is 52.0 Å². The van der Waals surface area contributed by atoms with E-state index in [4.69, 9.17) is 5.73 Å². The van der Waals surface area contributed by atoms with Crippen molar-refractivity contribution in [3.63, 3.8) is 0 Å². The lowest BCUT2D eigenvalue weighted by Gasteiger charge is -2.40. The van der Waals surface area contributed by atoms with Crippen molar-refractivity contribution < 1.29 is 0 Å². The average molecular weight is 298 g/mol. The first-order valence-electron chi connectivity index (χ1n) is 9.21. The molecule has 0 aromatic carbocycles. The Morgan fingerprint density at radius 2 is 1.48 bits per heavy atom.